The van der Waals surface area contributed by atoms with Gasteiger partial charge in [-0.15, -0.1) is 0 Å². The molecule has 1 unspecified atom stereocenters. The third-order valence-corrected chi connectivity index (χ3v) is 9.84. The Kier molecular flexibility index (Phi) is 5.58. The molecule has 0 N–H and O–H groups in total. The largest absolute Gasteiger partial charge is 0.308 e. The summed E-state index contributed by atoms with van der Waals surface area (Å²) in [5.74, 6) is 1.19. The Morgan fingerprint density at radius 1 is 0.574 bits per heavy atom. The Labute approximate surface area is 271 Å². The first kappa shape index (κ1) is 26.2. The van der Waals surface area contributed by atoms with Crippen LogP contribution in [-0.2, 0) is 0 Å². The Bertz CT molecular complexity index is 2780. The van der Waals surface area contributed by atoms with Crippen molar-refractivity contribution in [2.45, 2.75) is 13.3 Å². The molecule has 0 spiro atoms. The van der Waals surface area contributed by atoms with Gasteiger partial charge in [0.2, 0.25) is 5.95 Å². The summed E-state index contributed by atoms with van der Waals surface area (Å²) in [6.07, 6.45) is 8.02. The van der Waals surface area contributed by atoms with E-state index in [1.165, 1.54) is 49.0 Å². The van der Waals surface area contributed by atoms with Gasteiger partial charge in [-0.1, -0.05) is 128 Å². The molecule has 3 aromatic heterocycles. The van der Waals surface area contributed by atoms with E-state index in [1.807, 2.05) is 0 Å². The number of hydrogen-bond donors (Lipinski definition) is 0. The molecular formula is C43H30N4. The second-order valence-electron chi connectivity index (χ2n) is 12.7. The summed E-state index contributed by atoms with van der Waals surface area (Å²) in [6, 6.07) is 45.4. The Balaban J connectivity index is 1.44. The fraction of sp³-hybridized carbons (Fsp3) is 0.0698. The summed E-state index contributed by atoms with van der Waals surface area (Å²) in [4.78, 5) is 10.7. The van der Waals surface area contributed by atoms with Crippen LogP contribution in [0.1, 0.15) is 13.3 Å². The third-order valence-electron chi connectivity index (χ3n) is 9.84. The van der Waals surface area contributed by atoms with Crippen LogP contribution in [0, 0.1) is 5.92 Å². The molecule has 0 saturated heterocycles. The number of nitrogens with zero attached hydrogens (tertiary/aromatic N) is 4. The SMILES string of the molecule is CC1C=CC(n2c3ccccc3c3ccc4c5c6ccccc6ccc5n(-c5nc(-c6ccccc6)c6ccccc6n5)c4c32)=CC1. The maximum absolute atomic E-state index is 5.42. The number of fused-ring (bicyclic) bond motifs is 10. The Hall–Kier alpha value is -6.00. The van der Waals surface area contributed by atoms with Crippen molar-refractivity contribution in [3.05, 3.63) is 146 Å². The summed E-state index contributed by atoms with van der Waals surface area (Å²) >= 11 is 0. The minimum absolute atomic E-state index is 0.520. The molecule has 0 aliphatic heterocycles. The van der Waals surface area contributed by atoms with Crippen LogP contribution in [0.15, 0.2) is 146 Å². The van der Waals surface area contributed by atoms with Crippen LogP contribution in [0.4, 0.5) is 0 Å². The average Bonchev–Trinajstić information content (AvgIpc) is 3.65. The molecule has 222 valence electrons. The van der Waals surface area contributed by atoms with Gasteiger partial charge in [0.25, 0.3) is 0 Å². The van der Waals surface area contributed by atoms with Crippen molar-refractivity contribution in [2.75, 3.05) is 0 Å². The number of rotatable bonds is 3. The van der Waals surface area contributed by atoms with E-state index in [4.69, 9.17) is 9.97 Å². The first-order valence-corrected chi connectivity index (χ1v) is 16.3. The highest BCUT2D eigenvalue weighted by Crippen LogP contribution is 2.44. The molecule has 47 heavy (non-hydrogen) atoms. The van der Waals surface area contributed by atoms with Gasteiger partial charge in [0.05, 0.1) is 33.3 Å². The average molecular weight is 603 g/mol. The summed E-state index contributed by atoms with van der Waals surface area (Å²) in [6.45, 7) is 2.28. The second-order valence-corrected chi connectivity index (χ2v) is 12.7. The quantitative estimate of drug-likeness (QED) is 0.202. The van der Waals surface area contributed by atoms with E-state index < -0.39 is 0 Å². The van der Waals surface area contributed by atoms with Gasteiger partial charge in [0.15, 0.2) is 0 Å². The van der Waals surface area contributed by atoms with Crippen LogP contribution in [-0.4, -0.2) is 19.1 Å². The predicted molar refractivity (Wildman–Crippen MR) is 197 cm³/mol. The standard InChI is InChI=1S/C43H30N4/c1-27-19-22-30(23-20-27)46-37-18-10-8-15-32(37)33-24-25-35-39-31-14-6-5-11-28(31)21-26-38(39)47(42(35)41(33)46)43-44-36-17-9-7-16-34(36)40(45-43)29-12-3-2-4-13-29/h2-19,21-27H,20H2,1H3. The summed E-state index contributed by atoms with van der Waals surface area (Å²) in [5, 5.41) is 8.36. The molecule has 6 aromatic carbocycles. The lowest BCUT2D eigenvalue weighted by Crippen LogP contribution is -2.05. The minimum Gasteiger partial charge on any atom is -0.308 e. The molecule has 9 aromatic rings. The van der Waals surface area contributed by atoms with E-state index in [-0.39, 0.29) is 0 Å². The normalized spacial score (nSPS) is 15.1. The summed E-state index contributed by atoms with van der Waals surface area (Å²) in [5.41, 5.74) is 8.72. The molecule has 1 atom stereocenters. The van der Waals surface area contributed by atoms with Crippen molar-refractivity contribution in [1.29, 1.82) is 0 Å². The first-order chi connectivity index (χ1) is 23.2. The van der Waals surface area contributed by atoms with Gasteiger partial charge in [0.1, 0.15) is 0 Å². The van der Waals surface area contributed by atoms with E-state index >= 15 is 0 Å². The molecule has 10 rings (SSSR count). The molecule has 3 heterocycles. The monoisotopic (exact) mass is 602 g/mol. The number of aromatic nitrogens is 4. The summed E-state index contributed by atoms with van der Waals surface area (Å²) < 4.78 is 4.79. The van der Waals surface area contributed by atoms with Crippen molar-refractivity contribution >= 4 is 71.0 Å². The van der Waals surface area contributed by atoms with Gasteiger partial charge in [0, 0.05) is 38.2 Å². The molecule has 0 bridgehead atoms. The summed E-state index contributed by atoms with van der Waals surface area (Å²) in [7, 11) is 0. The molecule has 0 radical (unpaired) electrons. The third kappa shape index (κ3) is 3.82. The number of para-hydroxylation sites is 2. The predicted octanol–water partition coefficient (Wildman–Crippen LogP) is 11.1. The number of benzene rings is 6. The van der Waals surface area contributed by atoms with Crippen molar-refractivity contribution < 1.29 is 0 Å². The van der Waals surface area contributed by atoms with Crippen molar-refractivity contribution in [1.82, 2.24) is 19.1 Å². The fourth-order valence-electron chi connectivity index (χ4n) is 7.66. The van der Waals surface area contributed by atoms with Gasteiger partial charge >= 0.3 is 0 Å². The molecule has 0 fully saturated rings. The molecule has 0 saturated carbocycles. The molecule has 1 aliphatic carbocycles. The lowest BCUT2D eigenvalue weighted by molar-refractivity contribution is 0.735. The van der Waals surface area contributed by atoms with Gasteiger partial charge in [-0.25, -0.2) is 9.97 Å². The van der Waals surface area contributed by atoms with Gasteiger partial charge < -0.3 is 4.57 Å². The zero-order valence-electron chi connectivity index (χ0n) is 25.9. The minimum atomic E-state index is 0.520. The van der Waals surface area contributed by atoms with Gasteiger partial charge in [-0.05, 0) is 47.4 Å². The highest BCUT2D eigenvalue weighted by Gasteiger charge is 2.24. The molecule has 4 heteroatoms. The Morgan fingerprint density at radius 2 is 1.30 bits per heavy atom. The van der Waals surface area contributed by atoms with Crippen molar-refractivity contribution in [2.24, 2.45) is 5.92 Å². The van der Waals surface area contributed by atoms with Crippen LogP contribution in [0.3, 0.4) is 0 Å². The Morgan fingerprint density at radius 3 is 2.15 bits per heavy atom. The highest BCUT2D eigenvalue weighted by atomic mass is 15.2. The second kappa shape index (κ2) is 10.0. The van der Waals surface area contributed by atoms with Crippen LogP contribution in [0.2, 0.25) is 0 Å². The number of allylic oxidation sites excluding steroid dienone is 4. The zero-order valence-corrected chi connectivity index (χ0v) is 25.9. The fourth-order valence-corrected chi connectivity index (χ4v) is 7.66. The van der Waals surface area contributed by atoms with Crippen molar-refractivity contribution in [3.8, 4) is 17.2 Å². The number of hydrogen-bond acceptors (Lipinski definition) is 2. The van der Waals surface area contributed by atoms with Crippen LogP contribution in [0.5, 0.6) is 0 Å². The lowest BCUT2D eigenvalue weighted by atomic mass is 10.0. The molecule has 1 aliphatic rings. The van der Waals surface area contributed by atoms with E-state index in [0.29, 0.717) is 11.9 Å². The van der Waals surface area contributed by atoms with Gasteiger partial charge in [-0.2, -0.15) is 0 Å². The van der Waals surface area contributed by atoms with E-state index in [2.05, 4.69) is 162 Å². The smallest absolute Gasteiger partial charge is 0.235 e. The maximum atomic E-state index is 5.42. The van der Waals surface area contributed by atoms with E-state index in [9.17, 15) is 0 Å². The van der Waals surface area contributed by atoms with Crippen LogP contribution < -0.4 is 0 Å². The maximum Gasteiger partial charge on any atom is 0.235 e. The van der Waals surface area contributed by atoms with Gasteiger partial charge in [-0.3, -0.25) is 4.57 Å². The van der Waals surface area contributed by atoms with E-state index in [0.717, 1.165) is 39.6 Å². The van der Waals surface area contributed by atoms with Crippen LogP contribution >= 0.6 is 0 Å². The first-order valence-electron chi connectivity index (χ1n) is 16.3. The zero-order chi connectivity index (χ0) is 31.1. The van der Waals surface area contributed by atoms with Crippen molar-refractivity contribution in [3.63, 3.8) is 0 Å². The topological polar surface area (TPSA) is 35.6 Å². The van der Waals surface area contributed by atoms with Crippen LogP contribution in [0.25, 0.3) is 88.2 Å². The lowest BCUT2D eigenvalue weighted by Gasteiger charge is -2.17. The van der Waals surface area contributed by atoms with E-state index in [1.54, 1.807) is 0 Å². The molecule has 0 amide bonds. The molecular weight excluding hydrogens is 573 g/mol. The molecule has 4 nitrogen and oxygen atoms in total. The highest BCUT2D eigenvalue weighted by molar-refractivity contribution is 6.28.